The van der Waals surface area contributed by atoms with Crippen LogP contribution in [0.3, 0.4) is 0 Å². The molecule has 1 aliphatic carbocycles. The average molecular weight is 323 g/mol. The van der Waals surface area contributed by atoms with E-state index in [1.54, 1.807) is 16.8 Å². The zero-order valence-corrected chi connectivity index (χ0v) is 11.6. The first kappa shape index (κ1) is 12.2. The number of nitro groups is 1. The minimum absolute atomic E-state index is 0.0200. The Balaban J connectivity index is 2.23. The molecule has 0 radical (unpaired) electrons. The summed E-state index contributed by atoms with van der Waals surface area (Å²) < 4.78 is 2.28. The molecule has 1 aromatic heterocycles. The van der Waals surface area contributed by atoms with Crippen molar-refractivity contribution in [3.05, 3.63) is 44.0 Å². The van der Waals surface area contributed by atoms with Crippen molar-refractivity contribution >= 4 is 27.4 Å². The third-order valence-electron chi connectivity index (χ3n) is 3.32. The average Bonchev–Trinajstić information content (AvgIpc) is 2.94. The van der Waals surface area contributed by atoms with Crippen molar-refractivity contribution in [2.75, 3.05) is 5.73 Å². The number of rotatable bonds is 2. The normalized spacial score (nSPS) is 13.5. The zero-order valence-electron chi connectivity index (χ0n) is 9.97. The number of nitrogens with zero attached hydrogens (tertiary/aromatic N) is 3. The lowest BCUT2D eigenvalue weighted by atomic mass is 10.2. The smallest absolute Gasteiger partial charge is 0.296 e. The van der Waals surface area contributed by atoms with Crippen molar-refractivity contribution in [1.29, 1.82) is 0 Å². The minimum atomic E-state index is -0.403. The third kappa shape index (κ3) is 1.90. The Morgan fingerprint density at radius 2 is 2.21 bits per heavy atom. The second-order valence-electron chi connectivity index (χ2n) is 4.47. The van der Waals surface area contributed by atoms with Gasteiger partial charge in [-0.2, -0.15) is 0 Å². The number of nitro benzene ring substituents is 1. The van der Waals surface area contributed by atoms with Gasteiger partial charge < -0.3 is 5.73 Å². The highest BCUT2D eigenvalue weighted by Crippen LogP contribution is 2.33. The van der Waals surface area contributed by atoms with Gasteiger partial charge in [-0.05, 0) is 31.4 Å². The second kappa shape index (κ2) is 4.34. The van der Waals surface area contributed by atoms with Crippen LogP contribution in [-0.4, -0.2) is 14.7 Å². The number of fused-ring (bicyclic) bond motifs is 1. The molecule has 2 aromatic rings. The number of halogens is 1. The van der Waals surface area contributed by atoms with Crippen LogP contribution in [0, 0.1) is 10.1 Å². The fourth-order valence-corrected chi connectivity index (χ4v) is 2.84. The van der Waals surface area contributed by atoms with Gasteiger partial charge in [0, 0.05) is 21.8 Å². The highest BCUT2D eigenvalue weighted by molar-refractivity contribution is 9.10. The van der Waals surface area contributed by atoms with E-state index in [1.807, 2.05) is 0 Å². The summed E-state index contributed by atoms with van der Waals surface area (Å²) in [7, 11) is 0. The maximum Gasteiger partial charge on any atom is 0.296 e. The first-order valence-corrected chi connectivity index (χ1v) is 6.68. The number of nitrogen functional groups attached to an aromatic ring is 1. The van der Waals surface area contributed by atoms with Gasteiger partial charge >= 0.3 is 0 Å². The number of aromatic nitrogens is 2. The SMILES string of the molecule is Nc1nn(-c2ccc(Br)cc2[N+](=O)[O-])c2c1CCC2. The van der Waals surface area contributed by atoms with Crippen molar-refractivity contribution in [1.82, 2.24) is 9.78 Å². The third-order valence-corrected chi connectivity index (χ3v) is 3.82. The van der Waals surface area contributed by atoms with E-state index < -0.39 is 4.92 Å². The molecule has 0 spiro atoms. The number of benzene rings is 1. The standard InChI is InChI=1S/C12H11BrN4O2/c13-7-4-5-10(11(6-7)17(18)19)16-9-3-1-2-8(9)12(14)15-16/h4-6H,1-3H2,(H2,14,15). The number of hydrogen-bond acceptors (Lipinski definition) is 4. The maximum atomic E-state index is 11.2. The molecule has 0 amide bonds. The van der Waals surface area contributed by atoms with Crippen molar-refractivity contribution in [2.24, 2.45) is 0 Å². The van der Waals surface area contributed by atoms with Crippen molar-refractivity contribution in [3.63, 3.8) is 0 Å². The minimum Gasteiger partial charge on any atom is -0.382 e. The fourth-order valence-electron chi connectivity index (χ4n) is 2.49. The molecule has 0 saturated carbocycles. The monoisotopic (exact) mass is 322 g/mol. The molecule has 1 aliphatic rings. The van der Waals surface area contributed by atoms with E-state index in [2.05, 4.69) is 21.0 Å². The molecule has 98 valence electrons. The van der Waals surface area contributed by atoms with Crippen LogP contribution in [-0.2, 0) is 12.8 Å². The number of hydrogen-bond donors (Lipinski definition) is 1. The first-order valence-electron chi connectivity index (χ1n) is 5.88. The summed E-state index contributed by atoms with van der Waals surface area (Å²) in [6, 6.07) is 4.93. The van der Waals surface area contributed by atoms with E-state index in [9.17, 15) is 10.1 Å². The van der Waals surface area contributed by atoms with Crippen LogP contribution >= 0.6 is 15.9 Å². The number of nitrogens with two attached hydrogens (primary N) is 1. The topological polar surface area (TPSA) is 87.0 Å². The lowest BCUT2D eigenvalue weighted by Gasteiger charge is -2.06. The molecule has 19 heavy (non-hydrogen) atoms. The van der Waals surface area contributed by atoms with Gasteiger partial charge in [0.25, 0.3) is 5.69 Å². The second-order valence-corrected chi connectivity index (χ2v) is 5.38. The van der Waals surface area contributed by atoms with Crippen LogP contribution in [0.1, 0.15) is 17.7 Å². The van der Waals surface area contributed by atoms with Crippen molar-refractivity contribution in [2.45, 2.75) is 19.3 Å². The summed E-state index contributed by atoms with van der Waals surface area (Å²) in [6.45, 7) is 0. The van der Waals surface area contributed by atoms with Crippen LogP contribution < -0.4 is 5.73 Å². The highest BCUT2D eigenvalue weighted by Gasteiger charge is 2.25. The molecule has 3 rings (SSSR count). The van der Waals surface area contributed by atoms with Crippen LogP contribution in [0.15, 0.2) is 22.7 Å². The Bertz CT molecular complexity index is 681. The largest absolute Gasteiger partial charge is 0.382 e. The summed E-state index contributed by atoms with van der Waals surface area (Å²) in [5, 5.41) is 15.4. The molecular weight excluding hydrogens is 312 g/mol. The van der Waals surface area contributed by atoms with Gasteiger partial charge in [-0.25, -0.2) is 4.68 Å². The van der Waals surface area contributed by atoms with E-state index >= 15 is 0 Å². The Hall–Kier alpha value is -1.89. The Kier molecular flexibility index (Phi) is 2.78. The highest BCUT2D eigenvalue weighted by atomic mass is 79.9. The Morgan fingerprint density at radius 1 is 1.42 bits per heavy atom. The van der Waals surface area contributed by atoms with Gasteiger partial charge in [-0.1, -0.05) is 15.9 Å². The van der Waals surface area contributed by atoms with E-state index in [-0.39, 0.29) is 5.69 Å². The quantitative estimate of drug-likeness (QED) is 0.680. The van der Waals surface area contributed by atoms with Gasteiger partial charge in [0.15, 0.2) is 0 Å². The molecule has 6 nitrogen and oxygen atoms in total. The van der Waals surface area contributed by atoms with E-state index in [4.69, 9.17) is 5.73 Å². The van der Waals surface area contributed by atoms with E-state index in [0.29, 0.717) is 16.0 Å². The molecule has 7 heteroatoms. The van der Waals surface area contributed by atoms with Crippen LogP contribution in [0.4, 0.5) is 11.5 Å². The molecule has 0 unspecified atom stereocenters. The number of anilines is 1. The molecule has 2 N–H and O–H groups in total. The predicted octanol–water partition coefficient (Wildman–Crippen LogP) is 2.61. The Labute approximate surface area is 117 Å². The molecule has 0 atom stereocenters. The van der Waals surface area contributed by atoms with Crippen LogP contribution in [0.25, 0.3) is 5.69 Å². The van der Waals surface area contributed by atoms with Gasteiger partial charge in [0.1, 0.15) is 11.5 Å². The zero-order chi connectivity index (χ0) is 13.6. The van der Waals surface area contributed by atoms with Crippen LogP contribution in [0.5, 0.6) is 0 Å². The summed E-state index contributed by atoms with van der Waals surface area (Å²) in [5.41, 5.74) is 8.37. The molecular formula is C12H11BrN4O2. The van der Waals surface area contributed by atoms with Gasteiger partial charge in [0.2, 0.25) is 0 Å². The van der Waals surface area contributed by atoms with E-state index in [0.717, 1.165) is 30.5 Å². The fraction of sp³-hybridized carbons (Fsp3) is 0.250. The lowest BCUT2D eigenvalue weighted by Crippen LogP contribution is -2.05. The summed E-state index contributed by atoms with van der Waals surface area (Å²) >= 11 is 3.25. The van der Waals surface area contributed by atoms with Crippen molar-refractivity contribution < 1.29 is 4.92 Å². The molecule has 1 aromatic carbocycles. The predicted molar refractivity (Wildman–Crippen MR) is 74.4 cm³/mol. The molecule has 0 saturated heterocycles. The molecule has 1 heterocycles. The molecule has 0 bridgehead atoms. The van der Waals surface area contributed by atoms with E-state index in [1.165, 1.54) is 6.07 Å². The van der Waals surface area contributed by atoms with Gasteiger partial charge in [-0.15, -0.1) is 5.10 Å². The maximum absolute atomic E-state index is 11.2. The molecule has 0 aliphatic heterocycles. The Morgan fingerprint density at radius 3 is 2.95 bits per heavy atom. The van der Waals surface area contributed by atoms with Gasteiger partial charge in [0.05, 0.1) is 4.92 Å². The van der Waals surface area contributed by atoms with Gasteiger partial charge in [-0.3, -0.25) is 10.1 Å². The summed E-state index contributed by atoms with van der Waals surface area (Å²) in [5.74, 6) is 0.477. The summed E-state index contributed by atoms with van der Waals surface area (Å²) in [6.07, 6.45) is 2.76. The molecule has 0 fully saturated rings. The van der Waals surface area contributed by atoms with Crippen LogP contribution in [0.2, 0.25) is 0 Å². The van der Waals surface area contributed by atoms with Crippen molar-refractivity contribution in [3.8, 4) is 5.69 Å². The first-order chi connectivity index (χ1) is 9.08. The lowest BCUT2D eigenvalue weighted by molar-refractivity contribution is -0.384. The summed E-state index contributed by atoms with van der Waals surface area (Å²) in [4.78, 5) is 10.8.